The average molecular weight is 558 g/mol. The summed E-state index contributed by atoms with van der Waals surface area (Å²) in [4.78, 5) is 17.7. The molecule has 0 saturated carbocycles. The Morgan fingerprint density at radius 1 is 1.26 bits per heavy atom. The Bertz CT molecular complexity index is 1430. The largest absolute Gasteiger partial charge is 0.460 e. The molecular formula is C24H31N9O5S. The van der Waals surface area contributed by atoms with Gasteiger partial charge in [-0.25, -0.2) is 4.79 Å². The fraction of sp³-hybridized carbons (Fsp3) is 0.417. The molecule has 2 rings (SSSR count). The first-order valence-corrected chi connectivity index (χ1v) is 13.2. The average Bonchev–Trinajstić information content (AvgIpc) is 3.23. The number of ether oxygens (including phenoxy) is 1. The Balaban J connectivity index is 2.52. The highest BCUT2D eigenvalue weighted by Gasteiger charge is 2.21. The summed E-state index contributed by atoms with van der Waals surface area (Å²) >= 11 is 0. The maximum atomic E-state index is 12.6. The standard InChI is InChI=1S/C24H31N9O5S/c1-7-32(8-2)17-9-10-19(20(11-17)30-39(36,37)31(5)6)28-29-24-27-21(12-25)22(13-26)33(24)14-18(34)15-38-23(35)16(3)4/h9-11,18,30,34H,3,7-8,14-15H2,1-2,4-6H3. The number of hydrogen-bond acceptors (Lipinski definition) is 11. The number of nitrogens with one attached hydrogen (secondary N) is 1. The molecule has 0 aliphatic heterocycles. The van der Waals surface area contributed by atoms with Crippen molar-refractivity contribution in [2.24, 2.45) is 10.2 Å². The molecule has 1 unspecified atom stereocenters. The van der Waals surface area contributed by atoms with Crippen LogP contribution in [-0.2, 0) is 26.3 Å². The van der Waals surface area contributed by atoms with Crippen molar-refractivity contribution in [2.75, 3.05) is 43.4 Å². The van der Waals surface area contributed by atoms with Crippen LogP contribution in [0.25, 0.3) is 0 Å². The molecule has 1 aromatic heterocycles. The van der Waals surface area contributed by atoms with E-state index in [1.807, 2.05) is 24.8 Å². The summed E-state index contributed by atoms with van der Waals surface area (Å²) in [7, 11) is -1.14. The second-order valence-corrected chi connectivity index (χ2v) is 10.3. The SMILES string of the molecule is C=C(C)C(=O)OCC(O)Cn1c(N=Nc2ccc(N(CC)CC)cc2NS(=O)(=O)N(C)C)nc(C#N)c1C#N. The van der Waals surface area contributed by atoms with E-state index in [1.165, 1.54) is 21.0 Å². The fourth-order valence-corrected chi connectivity index (χ4v) is 3.87. The molecular weight excluding hydrogens is 526 g/mol. The molecule has 0 spiro atoms. The number of aliphatic hydroxyl groups is 1. The monoisotopic (exact) mass is 557 g/mol. The third-order valence-electron chi connectivity index (χ3n) is 5.38. The Morgan fingerprint density at radius 3 is 2.46 bits per heavy atom. The van der Waals surface area contributed by atoms with Crippen molar-refractivity contribution in [1.82, 2.24) is 13.9 Å². The van der Waals surface area contributed by atoms with Crippen molar-refractivity contribution in [2.45, 2.75) is 33.4 Å². The zero-order valence-electron chi connectivity index (χ0n) is 22.4. The van der Waals surface area contributed by atoms with Crippen LogP contribution < -0.4 is 9.62 Å². The molecule has 39 heavy (non-hydrogen) atoms. The van der Waals surface area contributed by atoms with Gasteiger partial charge in [0.2, 0.25) is 0 Å². The summed E-state index contributed by atoms with van der Waals surface area (Å²) in [6.07, 6.45) is -1.27. The summed E-state index contributed by atoms with van der Waals surface area (Å²) in [6, 6.07) is 8.59. The predicted octanol–water partition coefficient (Wildman–Crippen LogP) is 2.59. The Hall–Kier alpha value is -4.31. The lowest BCUT2D eigenvalue weighted by atomic mass is 10.2. The smallest absolute Gasteiger partial charge is 0.333 e. The lowest BCUT2D eigenvalue weighted by molar-refractivity contribution is -0.142. The summed E-state index contributed by atoms with van der Waals surface area (Å²) in [6.45, 7) is 9.52. The summed E-state index contributed by atoms with van der Waals surface area (Å²) < 4.78 is 34.7. The minimum atomic E-state index is -3.89. The Labute approximate surface area is 227 Å². The van der Waals surface area contributed by atoms with E-state index in [-0.39, 0.29) is 40.8 Å². The van der Waals surface area contributed by atoms with Gasteiger partial charge in [-0.2, -0.15) is 28.2 Å². The normalized spacial score (nSPS) is 12.1. The lowest BCUT2D eigenvalue weighted by Crippen LogP contribution is -2.29. The quantitative estimate of drug-likeness (QED) is 0.212. The van der Waals surface area contributed by atoms with Gasteiger partial charge in [-0.15, -0.1) is 10.2 Å². The van der Waals surface area contributed by atoms with Gasteiger partial charge in [0.05, 0.1) is 12.2 Å². The molecule has 0 radical (unpaired) electrons. The first kappa shape index (κ1) is 30.9. The molecule has 1 heterocycles. The first-order chi connectivity index (χ1) is 18.4. The van der Waals surface area contributed by atoms with Crippen molar-refractivity contribution in [3.05, 3.63) is 41.7 Å². The Morgan fingerprint density at radius 2 is 1.92 bits per heavy atom. The number of azo groups is 1. The van der Waals surface area contributed by atoms with Crippen molar-refractivity contribution in [3.63, 3.8) is 0 Å². The molecule has 208 valence electrons. The number of esters is 1. The number of benzene rings is 1. The number of anilines is 2. The van der Waals surface area contributed by atoms with Gasteiger partial charge >= 0.3 is 16.2 Å². The third kappa shape index (κ3) is 7.84. The highest BCUT2D eigenvalue weighted by molar-refractivity contribution is 7.90. The second kappa shape index (κ2) is 13.5. The second-order valence-electron chi connectivity index (χ2n) is 8.44. The summed E-state index contributed by atoms with van der Waals surface area (Å²) in [5.41, 5.74) is 0.756. The molecule has 0 aliphatic rings. The van der Waals surface area contributed by atoms with Crippen molar-refractivity contribution >= 4 is 39.2 Å². The van der Waals surface area contributed by atoms with Gasteiger partial charge in [-0.05, 0) is 39.0 Å². The van der Waals surface area contributed by atoms with Gasteiger partial charge in [-0.1, -0.05) is 6.58 Å². The molecule has 2 aromatic rings. The van der Waals surface area contributed by atoms with Crippen molar-refractivity contribution < 1.29 is 23.1 Å². The predicted molar refractivity (Wildman–Crippen MR) is 144 cm³/mol. The van der Waals surface area contributed by atoms with Gasteiger partial charge in [0, 0.05) is 38.4 Å². The molecule has 1 atom stereocenters. The number of nitriles is 2. The highest BCUT2D eigenvalue weighted by atomic mass is 32.2. The number of imidazole rings is 1. The van der Waals surface area contributed by atoms with Crippen LogP contribution in [0.2, 0.25) is 0 Å². The van der Waals surface area contributed by atoms with Crippen LogP contribution in [0.15, 0.2) is 40.6 Å². The number of carbonyl (C=O) groups is 1. The fourth-order valence-electron chi connectivity index (χ4n) is 3.25. The summed E-state index contributed by atoms with van der Waals surface area (Å²) in [5.74, 6) is -0.888. The minimum absolute atomic E-state index is 0.138. The van der Waals surface area contributed by atoms with E-state index < -0.39 is 28.9 Å². The zero-order chi connectivity index (χ0) is 29.3. The van der Waals surface area contributed by atoms with E-state index >= 15 is 0 Å². The van der Waals surface area contributed by atoms with Crippen LogP contribution in [0.1, 0.15) is 32.2 Å². The number of aliphatic hydroxyl groups excluding tert-OH is 1. The maximum Gasteiger partial charge on any atom is 0.333 e. The minimum Gasteiger partial charge on any atom is -0.460 e. The number of aromatic nitrogens is 2. The Kier molecular flexibility index (Phi) is 10.7. The van der Waals surface area contributed by atoms with E-state index in [2.05, 4.69) is 26.5 Å². The molecule has 15 heteroatoms. The first-order valence-electron chi connectivity index (χ1n) is 11.8. The van der Waals surface area contributed by atoms with Gasteiger partial charge in [0.15, 0.2) is 11.4 Å². The van der Waals surface area contributed by atoms with Gasteiger partial charge in [0.1, 0.15) is 30.5 Å². The van der Waals surface area contributed by atoms with Crippen LogP contribution in [0, 0.1) is 22.7 Å². The maximum absolute atomic E-state index is 12.6. The van der Waals surface area contributed by atoms with E-state index in [1.54, 1.807) is 24.3 Å². The topological polar surface area (TPSA) is 189 Å². The van der Waals surface area contributed by atoms with Crippen LogP contribution >= 0.6 is 0 Å². The van der Waals surface area contributed by atoms with Crippen molar-refractivity contribution in [1.29, 1.82) is 10.5 Å². The zero-order valence-corrected chi connectivity index (χ0v) is 23.2. The number of carbonyl (C=O) groups excluding carboxylic acids is 1. The number of hydrogen-bond donors (Lipinski definition) is 2. The van der Waals surface area contributed by atoms with Crippen LogP contribution in [0.3, 0.4) is 0 Å². The van der Waals surface area contributed by atoms with Crippen LogP contribution in [0.4, 0.5) is 23.0 Å². The molecule has 0 bridgehead atoms. The molecule has 14 nitrogen and oxygen atoms in total. The molecule has 0 aliphatic carbocycles. The molecule has 2 N–H and O–H groups in total. The third-order valence-corrected chi connectivity index (χ3v) is 6.82. The van der Waals surface area contributed by atoms with E-state index in [0.29, 0.717) is 13.1 Å². The lowest BCUT2D eigenvalue weighted by Gasteiger charge is -2.22. The van der Waals surface area contributed by atoms with Crippen LogP contribution in [0.5, 0.6) is 0 Å². The molecule has 1 aromatic carbocycles. The highest BCUT2D eigenvalue weighted by Crippen LogP contribution is 2.33. The molecule has 0 saturated heterocycles. The van der Waals surface area contributed by atoms with Crippen molar-refractivity contribution in [3.8, 4) is 12.1 Å². The van der Waals surface area contributed by atoms with E-state index in [0.717, 1.165) is 14.6 Å². The van der Waals surface area contributed by atoms with E-state index in [4.69, 9.17) is 4.74 Å². The summed E-state index contributed by atoms with van der Waals surface area (Å²) in [5, 5.41) is 37.6. The van der Waals surface area contributed by atoms with Gasteiger partial charge < -0.3 is 14.7 Å². The molecule has 0 amide bonds. The molecule has 0 fully saturated rings. The number of rotatable bonds is 13. The van der Waals surface area contributed by atoms with Gasteiger partial charge in [-0.3, -0.25) is 9.29 Å². The van der Waals surface area contributed by atoms with Crippen LogP contribution in [-0.4, -0.2) is 73.2 Å². The number of nitrogens with zero attached hydrogens (tertiary/aromatic N) is 8. The van der Waals surface area contributed by atoms with Gasteiger partial charge in [0.25, 0.3) is 5.95 Å². The van der Waals surface area contributed by atoms with E-state index in [9.17, 15) is 28.8 Å².